The lowest BCUT2D eigenvalue weighted by Gasteiger charge is -2.52. The topological polar surface area (TPSA) is 38.8 Å². The van der Waals surface area contributed by atoms with Crippen molar-refractivity contribution in [1.29, 1.82) is 0 Å². The van der Waals surface area contributed by atoms with Gasteiger partial charge in [-0.1, -0.05) is 44.2 Å². The lowest BCUT2D eigenvalue weighted by Crippen LogP contribution is -2.67. The summed E-state index contributed by atoms with van der Waals surface area (Å²) in [5, 5.41) is 1.89. The van der Waals surface area contributed by atoms with Crippen LogP contribution < -0.4 is 0 Å². The van der Waals surface area contributed by atoms with E-state index in [1.165, 1.54) is 0 Å². The van der Waals surface area contributed by atoms with E-state index in [9.17, 15) is 4.79 Å². The van der Waals surface area contributed by atoms with Gasteiger partial charge in [0.2, 0.25) is 0 Å². The van der Waals surface area contributed by atoms with Crippen molar-refractivity contribution in [3.05, 3.63) is 35.9 Å². The minimum atomic E-state index is -0.717. The molecule has 2 rings (SSSR count). The first-order valence-electron chi connectivity index (χ1n) is 8.06. The average Bonchev–Trinajstić information content (AvgIpc) is 2.53. The predicted molar refractivity (Wildman–Crippen MR) is 86.1 cm³/mol. The van der Waals surface area contributed by atoms with Gasteiger partial charge >= 0.3 is 5.97 Å². The fraction of sp³-hybridized carbons (Fsp3) is 0.611. The van der Waals surface area contributed by atoms with Crippen molar-refractivity contribution in [3.63, 3.8) is 0 Å². The van der Waals surface area contributed by atoms with Gasteiger partial charge in [0.25, 0.3) is 0 Å². The Balaban J connectivity index is 2.32. The van der Waals surface area contributed by atoms with Crippen LogP contribution in [-0.4, -0.2) is 28.7 Å². The second-order valence-electron chi connectivity index (χ2n) is 6.58. The Kier molecular flexibility index (Phi) is 4.93. The molecule has 0 amide bonds. The highest BCUT2D eigenvalue weighted by molar-refractivity contribution is 5.81. The Labute approximate surface area is 133 Å². The van der Waals surface area contributed by atoms with E-state index < -0.39 is 5.54 Å². The molecule has 0 bridgehead atoms. The van der Waals surface area contributed by atoms with Crippen molar-refractivity contribution in [2.45, 2.75) is 64.6 Å². The zero-order valence-corrected chi connectivity index (χ0v) is 14.3. The van der Waals surface area contributed by atoms with Crippen molar-refractivity contribution >= 4 is 5.97 Å². The van der Waals surface area contributed by atoms with Crippen LogP contribution in [0.25, 0.3) is 0 Å². The third-order valence-electron chi connectivity index (χ3n) is 4.58. The summed E-state index contributed by atoms with van der Waals surface area (Å²) >= 11 is 0. The van der Waals surface area contributed by atoms with Gasteiger partial charge in [-0.25, -0.2) is 4.79 Å². The first-order valence-corrected chi connectivity index (χ1v) is 8.06. The molecule has 0 aliphatic carbocycles. The van der Waals surface area contributed by atoms with Gasteiger partial charge < -0.3 is 4.74 Å². The van der Waals surface area contributed by atoms with Crippen LogP contribution in [0.5, 0.6) is 0 Å². The average molecular weight is 305 g/mol. The fourth-order valence-electron chi connectivity index (χ4n) is 3.11. The molecule has 1 aromatic rings. The summed E-state index contributed by atoms with van der Waals surface area (Å²) in [5.41, 5.74) is 0.0201. The number of carbonyl (C=O) groups excluding carboxylic acids is 1. The van der Waals surface area contributed by atoms with E-state index in [1.807, 2.05) is 56.2 Å². The van der Waals surface area contributed by atoms with E-state index in [1.54, 1.807) is 0 Å². The predicted octanol–water partition coefficient (Wildman–Crippen LogP) is 3.88. The molecule has 22 heavy (non-hydrogen) atoms. The number of carbonyl (C=O) groups is 1. The van der Waals surface area contributed by atoms with Crippen molar-refractivity contribution in [1.82, 2.24) is 5.06 Å². The summed E-state index contributed by atoms with van der Waals surface area (Å²) in [7, 11) is 0. The quantitative estimate of drug-likeness (QED) is 0.774. The largest absolute Gasteiger partial charge is 0.462 e. The highest BCUT2D eigenvalue weighted by Crippen LogP contribution is 2.39. The number of nitrogens with zero attached hydrogens (tertiary/aromatic N) is 1. The first kappa shape index (κ1) is 17.0. The molecule has 1 fully saturated rings. The van der Waals surface area contributed by atoms with Gasteiger partial charge in [-0.15, -0.1) is 0 Å². The Hall–Kier alpha value is -1.39. The van der Waals surface area contributed by atoms with E-state index in [-0.39, 0.29) is 17.6 Å². The smallest absolute Gasteiger partial charge is 0.328 e. The summed E-state index contributed by atoms with van der Waals surface area (Å²) in [6, 6.07) is 10.1. The molecule has 1 aliphatic heterocycles. The van der Waals surface area contributed by atoms with Gasteiger partial charge in [0.1, 0.15) is 18.2 Å². The van der Waals surface area contributed by atoms with Crippen LogP contribution in [0.1, 0.15) is 59.1 Å². The van der Waals surface area contributed by atoms with Crippen molar-refractivity contribution in [2.24, 2.45) is 0 Å². The number of ether oxygens (including phenoxy) is 1. The van der Waals surface area contributed by atoms with Crippen molar-refractivity contribution in [3.8, 4) is 0 Å². The SMILES string of the molecule is CCC1(CC)C(=O)OCC(C)(C)N1OC(C)c1ccccc1. The summed E-state index contributed by atoms with van der Waals surface area (Å²) in [5.74, 6) is -0.183. The summed E-state index contributed by atoms with van der Waals surface area (Å²) in [6.45, 7) is 10.5. The van der Waals surface area contributed by atoms with E-state index in [0.717, 1.165) is 5.56 Å². The maximum atomic E-state index is 12.5. The van der Waals surface area contributed by atoms with Gasteiger partial charge in [0.05, 0.1) is 5.54 Å². The third-order valence-corrected chi connectivity index (χ3v) is 4.58. The third kappa shape index (κ3) is 2.90. The van der Waals surface area contributed by atoms with Crippen LogP contribution in [0.2, 0.25) is 0 Å². The van der Waals surface area contributed by atoms with Gasteiger partial charge in [-0.05, 0) is 39.2 Å². The first-order chi connectivity index (χ1) is 10.4. The molecular weight excluding hydrogens is 278 g/mol. The summed E-state index contributed by atoms with van der Waals surface area (Å²) in [6.07, 6.45) is 1.20. The van der Waals surface area contributed by atoms with Gasteiger partial charge in [0.15, 0.2) is 0 Å². The molecule has 1 aromatic carbocycles. The molecule has 122 valence electrons. The number of hydroxylamine groups is 2. The Morgan fingerprint density at radius 1 is 1.23 bits per heavy atom. The maximum absolute atomic E-state index is 12.5. The molecule has 1 aliphatic rings. The van der Waals surface area contributed by atoms with Gasteiger partial charge in [-0.2, -0.15) is 5.06 Å². The molecule has 0 spiro atoms. The second kappa shape index (κ2) is 6.39. The van der Waals surface area contributed by atoms with Gasteiger partial charge in [0, 0.05) is 0 Å². The van der Waals surface area contributed by atoms with E-state index >= 15 is 0 Å². The molecule has 4 nitrogen and oxygen atoms in total. The number of morpholine rings is 1. The Morgan fingerprint density at radius 3 is 2.36 bits per heavy atom. The van der Waals surface area contributed by atoms with Crippen LogP contribution in [0, 0.1) is 0 Å². The normalized spacial score (nSPS) is 22.1. The number of hydrogen-bond donors (Lipinski definition) is 0. The monoisotopic (exact) mass is 305 g/mol. The van der Waals surface area contributed by atoms with E-state index in [4.69, 9.17) is 9.57 Å². The molecule has 0 radical (unpaired) electrons. The number of hydrogen-bond acceptors (Lipinski definition) is 4. The molecule has 1 heterocycles. The molecule has 1 atom stereocenters. The number of esters is 1. The lowest BCUT2D eigenvalue weighted by molar-refractivity contribution is -0.320. The number of cyclic esters (lactones) is 1. The Bertz CT molecular complexity index is 508. The second-order valence-corrected chi connectivity index (χ2v) is 6.58. The Morgan fingerprint density at radius 2 is 1.82 bits per heavy atom. The van der Waals surface area contributed by atoms with E-state index in [0.29, 0.717) is 19.4 Å². The maximum Gasteiger partial charge on any atom is 0.328 e. The fourth-order valence-corrected chi connectivity index (χ4v) is 3.11. The van der Waals surface area contributed by atoms with Crippen LogP contribution in [0.15, 0.2) is 30.3 Å². The zero-order chi connectivity index (χ0) is 16.4. The summed E-state index contributed by atoms with van der Waals surface area (Å²) < 4.78 is 5.45. The van der Waals surface area contributed by atoms with Crippen LogP contribution in [0.4, 0.5) is 0 Å². The van der Waals surface area contributed by atoms with Crippen molar-refractivity contribution < 1.29 is 14.4 Å². The minimum absolute atomic E-state index is 0.121. The standard InChI is InChI=1S/C18H27NO3/c1-6-18(7-2)16(20)21-13-17(4,5)19(18)22-14(3)15-11-9-8-10-12-15/h8-12,14H,6-7,13H2,1-5H3. The highest BCUT2D eigenvalue weighted by atomic mass is 16.7. The molecular formula is C18H27NO3. The summed E-state index contributed by atoms with van der Waals surface area (Å²) in [4.78, 5) is 18.7. The minimum Gasteiger partial charge on any atom is -0.462 e. The molecule has 4 heteroatoms. The van der Waals surface area contributed by atoms with Crippen LogP contribution in [0.3, 0.4) is 0 Å². The molecule has 1 saturated heterocycles. The van der Waals surface area contributed by atoms with Crippen molar-refractivity contribution in [2.75, 3.05) is 6.61 Å². The highest BCUT2D eigenvalue weighted by Gasteiger charge is 2.54. The van der Waals surface area contributed by atoms with E-state index in [2.05, 4.69) is 13.8 Å². The molecule has 0 aromatic heterocycles. The van der Waals surface area contributed by atoms with Crippen LogP contribution in [-0.2, 0) is 14.4 Å². The molecule has 0 saturated carbocycles. The zero-order valence-electron chi connectivity index (χ0n) is 14.3. The lowest BCUT2D eigenvalue weighted by atomic mass is 9.86. The number of benzene rings is 1. The molecule has 1 unspecified atom stereocenters. The van der Waals surface area contributed by atoms with Crippen LogP contribution >= 0.6 is 0 Å². The number of rotatable bonds is 5. The van der Waals surface area contributed by atoms with Gasteiger partial charge in [-0.3, -0.25) is 4.84 Å². The molecule has 0 N–H and O–H groups in total.